The lowest BCUT2D eigenvalue weighted by atomic mass is 9.97. The second kappa shape index (κ2) is 19.7. The topological polar surface area (TPSA) is 214 Å². The standard InChI is InChI=1S/C33H56O15/c1-8-11-12-13-23(36)44-27-26(45-24(37)14-18(4)5)22(16-42-30(40)19(6)9-2)43-32(28(27)46-31(41)20(7)10-3)48-33(17-35)29(39)25(38)21(15-34)47-33/h18-22,25-29,32,34-35,38-39H,8-17H2,1-7H3. The van der Waals surface area contributed by atoms with Crippen molar-refractivity contribution in [2.24, 2.45) is 17.8 Å². The average Bonchev–Trinajstić information content (AvgIpc) is 3.29. The molecule has 0 aromatic carbocycles. The minimum absolute atomic E-state index is 0.0180. The Morgan fingerprint density at radius 3 is 1.96 bits per heavy atom. The second-order valence-electron chi connectivity index (χ2n) is 13.0. The Morgan fingerprint density at radius 1 is 0.792 bits per heavy atom. The van der Waals surface area contributed by atoms with Gasteiger partial charge in [-0.15, -0.1) is 0 Å². The first-order valence-corrected chi connectivity index (χ1v) is 17.0. The molecule has 15 nitrogen and oxygen atoms in total. The van der Waals surface area contributed by atoms with Crippen LogP contribution >= 0.6 is 0 Å². The fraction of sp³-hybridized carbons (Fsp3) is 0.879. The molecule has 4 N–H and O–H groups in total. The molecule has 0 aromatic heterocycles. The Hall–Kier alpha value is -2.40. The maximum Gasteiger partial charge on any atom is 0.309 e. The molecule has 11 unspecified atom stereocenters. The molecule has 2 heterocycles. The van der Waals surface area contributed by atoms with Gasteiger partial charge in [0, 0.05) is 12.8 Å². The number of unbranched alkanes of at least 4 members (excludes halogenated alkanes) is 2. The Morgan fingerprint density at radius 2 is 1.42 bits per heavy atom. The zero-order chi connectivity index (χ0) is 36.2. The van der Waals surface area contributed by atoms with Crippen LogP contribution in [0.15, 0.2) is 0 Å². The van der Waals surface area contributed by atoms with E-state index in [0.29, 0.717) is 19.3 Å². The quantitative estimate of drug-likeness (QED) is 0.0858. The number of carbonyl (C=O) groups excluding carboxylic acids is 4. The molecule has 2 rings (SSSR count). The molecule has 0 radical (unpaired) electrons. The molecule has 0 aliphatic carbocycles. The van der Waals surface area contributed by atoms with Crippen LogP contribution in [0.5, 0.6) is 0 Å². The van der Waals surface area contributed by atoms with E-state index in [2.05, 4.69) is 0 Å². The van der Waals surface area contributed by atoms with Gasteiger partial charge in [-0.05, 0) is 25.2 Å². The molecule has 15 heteroatoms. The summed E-state index contributed by atoms with van der Waals surface area (Å²) in [6, 6.07) is 0. The van der Waals surface area contributed by atoms with E-state index in [4.69, 9.17) is 33.2 Å². The molecule has 2 saturated heterocycles. The van der Waals surface area contributed by atoms with Gasteiger partial charge < -0.3 is 53.6 Å². The third-order valence-corrected chi connectivity index (χ3v) is 8.58. The molecule has 278 valence electrons. The van der Waals surface area contributed by atoms with Gasteiger partial charge in [-0.3, -0.25) is 19.2 Å². The van der Waals surface area contributed by atoms with Crippen molar-refractivity contribution >= 4 is 23.9 Å². The van der Waals surface area contributed by atoms with E-state index >= 15 is 0 Å². The fourth-order valence-electron chi connectivity index (χ4n) is 5.13. The van der Waals surface area contributed by atoms with Crippen LogP contribution in [0.1, 0.15) is 93.4 Å². The van der Waals surface area contributed by atoms with Crippen molar-refractivity contribution < 1.29 is 72.8 Å². The highest BCUT2D eigenvalue weighted by Gasteiger charge is 2.61. The molecular weight excluding hydrogens is 636 g/mol. The molecule has 2 fully saturated rings. The molecule has 11 atom stereocenters. The van der Waals surface area contributed by atoms with E-state index in [0.717, 1.165) is 12.8 Å². The Bertz CT molecular complexity index is 1040. The second-order valence-corrected chi connectivity index (χ2v) is 13.0. The van der Waals surface area contributed by atoms with Crippen LogP contribution < -0.4 is 0 Å². The summed E-state index contributed by atoms with van der Waals surface area (Å²) in [5, 5.41) is 41.5. The third-order valence-electron chi connectivity index (χ3n) is 8.58. The summed E-state index contributed by atoms with van der Waals surface area (Å²) in [6.45, 7) is 10.0. The van der Waals surface area contributed by atoms with E-state index in [1.807, 2.05) is 6.92 Å². The van der Waals surface area contributed by atoms with E-state index in [-0.39, 0.29) is 18.8 Å². The minimum atomic E-state index is -2.41. The summed E-state index contributed by atoms with van der Waals surface area (Å²) in [5.41, 5.74) is 0. The number of esters is 4. The van der Waals surface area contributed by atoms with Crippen molar-refractivity contribution in [1.82, 2.24) is 0 Å². The van der Waals surface area contributed by atoms with Gasteiger partial charge in [0.25, 0.3) is 0 Å². The molecule has 0 saturated carbocycles. The summed E-state index contributed by atoms with van der Waals surface area (Å²) >= 11 is 0. The molecule has 2 aliphatic rings. The number of ether oxygens (including phenoxy) is 7. The lowest BCUT2D eigenvalue weighted by Gasteiger charge is -2.46. The van der Waals surface area contributed by atoms with Crippen molar-refractivity contribution in [1.29, 1.82) is 0 Å². The van der Waals surface area contributed by atoms with Gasteiger partial charge in [-0.2, -0.15) is 0 Å². The lowest BCUT2D eigenvalue weighted by molar-refractivity contribution is -0.384. The van der Waals surface area contributed by atoms with E-state index in [9.17, 15) is 39.6 Å². The van der Waals surface area contributed by atoms with Crippen molar-refractivity contribution in [3.63, 3.8) is 0 Å². The smallest absolute Gasteiger partial charge is 0.309 e. The Balaban J connectivity index is 2.68. The molecule has 0 amide bonds. The highest BCUT2D eigenvalue weighted by atomic mass is 16.8. The number of rotatable bonds is 19. The van der Waals surface area contributed by atoms with Gasteiger partial charge in [0.05, 0.1) is 18.4 Å². The van der Waals surface area contributed by atoms with Gasteiger partial charge in [0.15, 0.2) is 18.3 Å². The first-order chi connectivity index (χ1) is 22.7. The molecule has 48 heavy (non-hydrogen) atoms. The Labute approximate surface area is 282 Å². The molecule has 0 bridgehead atoms. The van der Waals surface area contributed by atoms with Gasteiger partial charge in [-0.1, -0.05) is 61.3 Å². The lowest BCUT2D eigenvalue weighted by Crippen LogP contribution is -2.65. The third kappa shape index (κ3) is 11.1. The predicted molar refractivity (Wildman–Crippen MR) is 167 cm³/mol. The average molecular weight is 693 g/mol. The summed E-state index contributed by atoms with van der Waals surface area (Å²) in [7, 11) is 0. The predicted octanol–water partition coefficient (Wildman–Crippen LogP) is 1.53. The van der Waals surface area contributed by atoms with Crippen LogP contribution in [0.3, 0.4) is 0 Å². The van der Waals surface area contributed by atoms with E-state index < -0.39 is 110 Å². The number of hydrogen-bond acceptors (Lipinski definition) is 15. The van der Waals surface area contributed by atoms with Crippen LogP contribution in [0.4, 0.5) is 0 Å². The van der Waals surface area contributed by atoms with Crippen LogP contribution in [0, 0.1) is 17.8 Å². The summed E-state index contributed by atoms with van der Waals surface area (Å²) in [6.07, 6.45) is -10.1. The van der Waals surface area contributed by atoms with Gasteiger partial charge in [0.1, 0.15) is 37.6 Å². The first kappa shape index (κ1) is 41.8. The van der Waals surface area contributed by atoms with Crippen molar-refractivity contribution in [2.45, 2.75) is 148 Å². The first-order valence-electron chi connectivity index (χ1n) is 17.0. The van der Waals surface area contributed by atoms with Crippen LogP contribution in [-0.2, 0) is 52.3 Å². The molecule has 0 spiro atoms. The maximum absolute atomic E-state index is 13.3. The zero-order valence-corrected chi connectivity index (χ0v) is 29.2. The SMILES string of the molecule is CCCCCC(=O)OC1C(OC(=O)CC(C)C)C(COC(=O)C(C)CC)OC(OC2(CO)OC(CO)C(O)C2O)C1OC(=O)C(C)CC. The van der Waals surface area contributed by atoms with Crippen molar-refractivity contribution in [3.05, 3.63) is 0 Å². The molecule has 2 aliphatic heterocycles. The van der Waals surface area contributed by atoms with Gasteiger partial charge >= 0.3 is 23.9 Å². The van der Waals surface area contributed by atoms with Crippen LogP contribution in [-0.4, -0.2) is 119 Å². The summed E-state index contributed by atoms with van der Waals surface area (Å²) < 4.78 is 40.8. The van der Waals surface area contributed by atoms with Crippen molar-refractivity contribution in [2.75, 3.05) is 19.8 Å². The summed E-state index contributed by atoms with van der Waals surface area (Å²) in [4.78, 5) is 52.3. The zero-order valence-electron chi connectivity index (χ0n) is 29.2. The highest BCUT2D eigenvalue weighted by molar-refractivity contribution is 5.73. The highest BCUT2D eigenvalue weighted by Crippen LogP contribution is 2.38. The Kier molecular flexibility index (Phi) is 17.1. The van der Waals surface area contributed by atoms with Crippen molar-refractivity contribution in [3.8, 4) is 0 Å². The molecular formula is C33H56O15. The summed E-state index contributed by atoms with van der Waals surface area (Å²) in [5.74, 6) is -6.40. The number of carbonyl (C=O) groups is 4. The van der Waals surface area contributed by atoms with Crippen LogP contribution in [0.25, 0.3) is 0 Å². The van der Waals surface area contributed by atoms with E-state index in [1.54, 1.807) is 41.5 Å². The largest absolute Gasteiger partial charge is 0.463 e. The minimum Gasteiger partial charge on any atom is -0.463 e. The van der Waals surface area contributed by atoms with E-state index in [1.165, 1.54) is 0 Å². The molecule has 0 aromatic rings. The van der Waals surface area contributed by atoms with Gasteiger partial charge in [-0.25, -0.2) is 0 Å². The van der Waals surface area contributed by atoms with Gasteiger partial charge in [0.2, 0.25) is 12.1 Å². The normalized spacial score (nSPS) is 31.6. The van der Waals surface area contributed by atoms with Crippen LogP contribution in [0.2, 0.25) is 0 Å². The fourth-order valence-corrected chi connectivity index (χ4v) is 5.13. The maximum atomic E-state index is 13.3. The number of aliphatic hydroxyl groups excluding tert-OH is 4. The number of hydrogen-bond donors (Lipinski definition) is 4. The number of aliphatic hydroxyl groups is 4. The monoisotopic (exact) mass is 692 g/mol.